The minimum absolute atomic E-state index is 0.0261. The van der Waals surface area contributed by atoms with Crippen molar-refractivity contribution in [2.24, 2.45) is 5.92 Å². The van der Waals surface area contributed by atoms with Crippen LogP contribution in [0.3, 0.4) is 0 Å². The van der Waals surface area contributed by atoms with Gasteiger partial charge in [-0.3, -0.25) is 19.8 Å². The Bertz CT molecular complexity index is 1420. The van der Waals surface area contributed by atoms with E-state index in [1.165, 1.54) is 36.7 Å². The number of amides is 2. The van der Waals surface area contributed by atoms with E-state index in [9.17, 15) is 27.6 Å². The van der Waals surface area contributed by atoms with Crippen LogP contribution in [0.15, 0.2) is 54.6 Å². The van der Waals surface area contributed by atoms with Crippen molar-refractivity contribution in [1.82, 2.24) is 15.5 Å². The maximum Gasteiger partial charge on any atom is 0.493 e. The third-order valence-electron chi connectivity index (χ3n) is 6.74. The van der Waals surface area contributed by atoms with Crippen molar-refractivity contribution in [1.29, 1.82) is 0 Å². The van der Waals surface area contributed by atoms with Gasteiger partial charge in [0.2, 0.25) is 5.91 Å². The van der Waals surface area contributed by atoms with Gasteiger partial charge in [-0.15, -0.1) is 0 Å². The van der Waals surface area contributed by atoms with Crippen LogP contribution in [-0.2, 0) is 25.8 Å². The smallest absolute Gasteiger partial charge is 0.489 e. The topological polar surface area (TPSA) is 127 Å². The minimum Gasteiger partial charge on any atom is -0.489 e. The van der Waals surface area contributed by atoms with Gasteiger partial charge >= 0.3 is 12.1 Å². The second-order valence-corrected chi connectivity index (χ2v) is 9.61. The Labute approximate surface area is 232 Å². The van der Waals surface area contributed by atoms with Crippen LogP contribution in [0.1, 0.15) is 41.4 Å². The number of aromatic nitrogens is 1. The number of rotatable bonds is 7. The lowest BCUT2D eigenvalue weighted by atomic mass is 9.93. The highest BCUT2D eigenvalue weighted by molar-refractivity contribution is 5.95. The molecular formula is C28H28F3N3O7. The molecule has 13 heteroatoms. The van der Waals surface area contributed by atoms with Crippen molar-refractivity contribution in [3.63, 3.8) is 0 Å². The monoisotopic (exact) mass is 575 g/mol. The molecule has 2 amide bonds. The Morgan fingerprint density at radius 1 is 1.17 bits per heavy atom. The summed E-state index contributed by atoms with van der Waals surface area (Å²) in [6, 6.07) is 14.1. The molecule has 2 N–H and O–H groups in total. The number of carbonyl (C=O) groups excluding carboxylic acids is 3. The number of carbonyl (C=O) groups is 3. The van der Waals surface area contributed by atoms with E-state index in [0.717, 1.165) is 22.2 Å². The molecule has 1 aromatic heterocycles. The number of hydrogen-bond donors (Lipinski definition) is 2. The number of aryl methyl sites for hydroxylation is 1. The molecule has 3 aromatic rings. The highest BCUT2D eigenvalue weighted by Crippen LogP contribution is 2.28. The number of ether oxygens (including phenoxy) is 2. The van der Waals surface area contributed by atoms with Crippen molar-refractivity contribution < 1.29 is 47.1 Å². The quantitative estimate of drug-likeness (QED) is 0.316. The summed E-state index contributed by atoms with van der Waals surface area (Å²) >= 11 is 0. The van der Waals surface area contributed by atoms with Gasteiger partial charge in [-0.2, -0.15) is 18.2 Å². The highest BCUT2D eigenvalue weighted by Gasteiger charge is 2.45. The molecule has 0 spiro atoms. The van der Waals surface area contributed by atoms with Crippen LogP contribution in [0.2, 0.25) is 0 Å². The summed E-state index contributed by atoms with van der Waals surface area (Å²) in [5, 5.41) is 10.2. The van der Waals surface area contributed by atoms with Gasteiger partial charge < -0.3 is 14.3 Å². The van der Waals surface area contributed by atoms with E-state index in [1.807, 2.05) is 37.3 Å². The maximum atomic E-state index is 13.3. The molecule has 10 nitrogen and oxygen atoms in total. The molecule has 0 bridgehead atoms. The van der Waals surface area contributed by atoms with Crippen LogP contribution in [0.25, 0.3) is 10.9 Å². The fraction of sp³-hybridized carbons (Fsp3) is 0.357. The highest BCUT2D eigenvalue weighted by atomic mass is 19.4. The molecule has 1 aliphatic heterocycles. The van der Waals surface area contributed by atoms with Gasteiger partial charge in [-0.25, -0.2) is 10.3 Å². The summed E-state index contributed by atoms with van der Waals surface area (Å²) in [6.45, 7) is 3.49. The van der Waals surface area contributed by atoms with Crippen LogP contribution in [0.5, 0.6) is 5.75 Å². The van der Waals surface area contributed by atoms with Gasteiger partial charge in [-0.1, -0.05) is 25.1 Å². The van der Waals surface area contributed by atoms with Crippen molar-refractivity contribution in [2.75, 3.05) is 6.61 Å². The maximum absolute atomic E-state index is 13.3. The molecule has 2 heterocycles. The van der Waals surface area contributed by atoms with Crippen molar-refractivity contribution in [3.05, 3.63) is 71.4 Å². The first-order valence-corrected chi connectivity index (χ1v) is 12.7. The number of pyridine rings is 1. The molecule has 3 unspecified atom stereocenters. The minimum atomic E-state index is -5.35. The van der Waals surface area contributed by atoms with E-state index < -0.39 is 42.0 Å². The zero-order chi connectivity index (χ0) is 29.7. The summed E-state index contributed by atoms with van der Waals surface area (Å²) in [6.07, 6.45) is -6.28. The number of hydroxylamine groups is 3. The van der Waals surface area contributed by atoms with Crippen molar-refractivity contribution >= 4 is 28.7 Å². The van der Waals surface area contributed by atoms with Gasteiger partial charge in [0.15, 0.2) is 0 Å². The third-order valence-corrected chi connectivity index (χ3v) is 6.74. The molecule has 2 aromatic carbocycles. The zero-order valence-corrected chi connectivity index (χ0v) is 22.2. The number of para-hydroxylation sites is 1. The number of fused-ring (bicyclic) bond motifs is 1. The summed E-state index contributed by atoms with van der Waals surface area (Å²) < 4.78 is 50.6. The SMILES string of the molecule is Cc1cc(COc2ccc(C(=O)N(OC(=O)C(F)(F)F)C3CCOC(C(C)C(=O)NO)C3)cc2)c2ccccc2n1. The average molecular weight is 576 g/mol. The van der Waals surface area contributed by atoms with E-state index >= 15 is 0 Å². The molecule has 218 valence electrons. The molecule has 0 aliphatic carbocycles. The summed E-state index contributed by atoms with van der Waals surface area (Å²) in [4.78, 5) is 45.9. The Morgan fingerprint density at radius 2 is 1.88 bits per heavy atom. The van der Waals surface area contributed by atoms with Gasteiger partial charge in [0.25, 0.3) is 5.91 Å². The van der Waals surface area contributed by atoms with E-state index in [-0.39, 0.29) is 31.6 Å². The molecule has 0 saturated carbocycles. The Hall–Kier alpha value is -4.23. The number of nitrogens with zero attached hydrogens (tertiary/aromatic N) is 2. The van der Waals surface area contributed by atoms with Crippen LogP contribution in [-0.4, -0.2) is 58.0 Å². The normalized spacial score (nSPS) is 17.9. The van der Waals surface area contributed by atoms with Gasteiger partial charge in [0.1, 0.15) is 12.4 Å². The lowest BCUT2D eigenvalue weighted by Crippen LogP contribution is -2.50. The first-order valence-electron chi connectivity index (χ1n) is 12.7. The second kappa shape index (κ2) is 12.5. The number of alkyl halides is 3. The predicted octanol–water partition coefficient (Wildman–Crippen LogP) is 4.27. The first-order chi connectivity index (χ1) is 19.5. The number of nitrogens with one attached hydrogen (secondary N) is 1. The lowest BCUT2D eigenvalue weighted by Gasteiger charge is -2.37. The Kier molecular flexibility index (Phi) is 9.08. The van der Waals surface area contributed by atoms with Gasteiger partial charge in [0.05, 0.1) is 23.6 Å². The number of hydrogen-bond acceptors (Lipinski definition) is 8. The van der Waals surface area contributed by atoms with Crippen molar-refractivity contribution in [3.8, 4) is 5.75 Å². The average Bonchev–Trinajstić information content (AvgIpc) is 2.97. The second-order valence-electron chi connectivity index (χ2n) is 9.61. The Morgan fingerprint density at radius 3 is 2.56 bits per heavy atom. The van der Waals surface area contributed by atoms with Crippen LogP contribution < -0.4 is 10.2 Å². The third kappa shape index (κ3) is 7.11. The molecule has 1 aliphatic rings. The fourth-order valence-electron chi connectivity index (χ4n) is 4.56. The van der Waals surface area contributed by atoms with E-state index in [4.69, 9.17) is 14.7 Å². The van der Waals surface area contributed by atoms with Crippen LogP contribution in [0.4, 0.5) is 13.2 Å². The molecule has 4 rings (SSSR count). The first kappa shape index (κ1) is 29.7. The molecule has 1 saturated heterocycles. The summed E-state index contributed by atoms with van der Waals surface area (Å²) in [5.74, 6) is -4.82. The Balaban J connectivity index is 1.51. The molecule has 3 atom stereocenters. The molecule has 0 radical (unpaired) electrons. The van der Waals surface area contributed by atoms with Gasteiger partial charge in [0, 0.05) is 28.8 Å². The molecular weight excluding hydrogens is 547 g/mol. The molecule has 41 heavy (non-hydrogen) atoms. The fourth-order valence-corrected chi connectivity index (χ4v) is 4.56. The van der Waals surface area contributed by atoms with E-state index in [2.05, 4.69) is 9.82 Å². The number of halogens is 3. The predicted molar refractivity (Wildman–Crippen MR) is 137 cm³/mol. The van der Waals surface area contributed by atoms with E-state index in [0.29, 0.717) is 10.8 Å². The van der Waals surface area contributed by atoms with Gasteiger partial charge in [-0.05, 0) is 56.2 Å². The van der Waals surface area contributed by atoms with Crippen molar-refractivity contribution in [2.45, 2.75) is 51.6 Å². The molecule has 1 fully saturated rings. The van der Waals surface area contributed by atoms with Crippen LogP contribution in [0, 0.1) is 12.8 Å². The lowest BCUT2D eigenvalue weighted by molar-refractivity contribution is -0.239. The standard InChI is InChI=1S/C28H28F3N3O7/c1-16-13-19(22-5-3-4-6-23(22)32-16)15-40-21-9-7-18(8-10-21)26(36)34(41-27(37)28(29,30)31)20-11-12-39-24(14-20)17(2)25(35)33-38/h3-10,13,17,20,24,38H,11-12,14-15H2,1-2H3,(H,33,35). The van der Waals surface area contributed by atoms with Crippen LogP contribution >= 0.6 is 0 Å². The largest absolute Gasteiger partial charge is 0.493 e. The zero-order valence-electron chi connectivity index (χ0n) is 22.2. The van der Waals surface area contributed by atoms with E-state index in [1.54, 1.807) is 0 Å². The summed E-state index contributed by atoms with van der Waals surface area (Å²) in [7, 11) is 0. The number of benzene rings is 2. The summed E-state index contributed by atoms with van der Waals surface area (Å²) in [5.41, 5.74) is 3.98.